The summed E-state index contributed by atoms with van der Waals surface area (Å²) in [7, 11) is 0. The van der Waals surface area contributed by atoms with Crippen molar-refractivity contribution >= 4 is 23.4 Å². The predicted molar refractivity (Wildman–Crippen MR) is 112 cm³/mol. The standard InChI is InChI=1S/C22H23N3O3S/c1-15-10-11-16(2)18(13-15)27-14-20-23-24-22(28-20)29-19-9-6-12-25(21(19)26)17-7-4-3-5-8-17/h3-5,7-8,10-11,13,19H,6,9,12,14H2,1-2H3. The molecule has 4 rings (SSSR count). The molecule has 1 amide bonds. The molecule has 1 aliphatic rings. The number of aromatic nitrogens is 2. The van der Waals surface area contributed by atoms with Crippen molar-refractivity contribution in [2.75, 3.05) is 11.4 Å². The summed E-state index contributed by atoms with van der Waals surface area (Å²) in [6.07, 6.45) is 1.73. The summed E-state index contributed by atoms with van der Waals surface area (Å²) in [6.45, 7) is 4.95. The summed E-state index contributed by atoms with van der Waals surface area (Å²) < 4.78 is 11.5. The van der Waals surface area contributed by atoms with E-state index in [-0.39, 0.29) is 17.8 Å². The summed E-state index contributed by atoms with van der Waals surface area (Å²) in [6, 6.07) is 15.8. The first-order valence-electron chi connectivity index (χ1n) is 9.65. The van der Waals surface area contributed by atoms with Crippen molar-refractivity contribution < 1.29 is 13.9 Å². The molecule has 0 saturated carbocycles. The lowest BCUT2D eigenvalue weighted by atomic mass is 10.1. The molecule has 1 aromatic heterocycles. The van der Waals surface area contributed by atoms with Gasteiger partial charge in [-0.15, -0.1) is 10.2 Å². The molecule has 2 heterocycles. The minimum Gasteiger partial charge on any atom is -0.484 e. The van der Waals surface area contributed by atoms with E-state index in [1.807, 2.05) is 67.3 Å². The van der Waals surface area contributed by atoms with Crippen LogP contribution in [0.5, 0.6) is 5.75 Å². The number of aryl methyl sites for hydroxylation is 2. The van der Waals surface area contributed by atoms with Gasteiger partial charge in [0.15, 0.2) is 6.61 Å². The van der Waals surface area contributed by atoms with E-state index in [1.54, 1.807) is 0 Å². The largest absolute Gasteiger partial charge is 0.484 e. The number of piperidine rings is 1. The topological polar surface area (TPSA) is 68.5 Å². The minimum absolute atomic E-state index is 0.0823. The second kappa shape index (κ2) is 8.69. The maximum absolute atomic E-state index is 12.9. The van der Waals surface area contributed by atoms with Gasteiger partial charge in [0.05, 0.1) is 5.25 Å². The van der Waals surface area contributed by atoms with Crippen LogP contribution in [-0.2, 0) is 11.4 Å². The van der Waals surface area contributed by atoms with E-state index < -0.39 is 0 Å². The highest BCUT2D eigenvalue weighted by Crippen LogP contribution is 2.32. The SMILES string of the molecule is Cc1ccc(C)c(OCc2nnc(SC3CCCN(c4ccccc4)C3=O)o2)c1. The van der Waals surface area contributed by atoms with Crippen LogP contribution in [0.1, 0.15) is 29.9 Å². The number of carbonyl (C=O) groups excluding carboxylic acids is 1. The summed E-state index contributed by atoms with van der Waals surface area (Å²) in [5.41, 5.74) is 3.11. The summed E-state index contributed by atoms with van der Waals surface area (Å²) in [4.78, 5) is 14.7. The second-order valence-electron chi connectivity index (χ2n) is 7.09. The van der Waals surface area contributed by atoms with Crippen LogP contribution < -0.4 is 9.64 Å². The van der Waals surface area contributed by atoms with E-state index in [9.17, 15) is 4.79 Å². The van der Waals surface area contributed by atoms with Crippen molar-refractivity contribution in [3.63, 3.8) is 0 Å². The van der Waals surface area contributed by atoms with Gasteiger partial charge in [-0.1, -0.05) is 42.1 Å². The Hall–Kier alpha value is -2.80. The van der Waals surface area contributed by atoms with Gasteiger partial charge >= 0.3 is 0 Å². The number of carbonyl (C=O) groups is 1. The molecule has 29 heavy (non-hydrogen) atoms. The number of benzene rings is 2. The number of hydrogen-bond donors (Lipinski definition) is 0. The van der Waals surface area contributed by atoms with E-state index in [4.69, 9.17) is 9.15 Å². The molecule has 0 aliphatic carbocycles. The molecule has 6 nitrogen and oxygen atoms in total. The third-order valence-corrected chi connectivity index (χ3v) is 5.93. The Kier molecular flexibility index (Phi) is 5.85. The fourth-order valence-corrected chi connectivity index (χ4v) is 4.27. The van der Waals surface area contributed by atoms with Gasteiger partial charge in [-0.3, -0.25) is 4.79 Å². The number of para-hydroxylation sites is 1. The van der Waals surface area contributed by atoms with Crippen LogP contribution in [0.2, 0.25) is 0 Å². The van der Waals surface area contributed by atoms with Crippen LogP contribution in [-0.4, -0.2) is 27.9 Å². The average molecular weight is 410 g/mol. The van der Waals surface area contributed by atoms with E-state index in [0.29, 0.717) is 11.1 Å². The number of nitrogens with zero attached hydrogens (tertiary/aromatic N) is 3. The number of rotatable bonds is 6. The molecule has 0 radical (unpaired) electrons. The molecular weight excluding hydrogens is 386 g/mol. The first kappa shape index (κ1) is 19.5. The van der Waals surface area contributed by atoms with E-state index >= 15 is 0 Å². The Morgan fingerprint density at radius 2 is 2.00 bits per heavy atom. The molecule has 0 N–H and O–H groups in total. The van der Waals surface area contributed by atoms with Gasteiger partial charge in [-0.2, -0.15) is 0 Å². The first-order chi connectivity index (χ1) is 14.1. The van der Waals surface area contributed by atoms with Crippen LogP contribution in [0.4, 0.5) is 5.69 Å². The molecule has 3 aromatic rings. The Morgan fingerprint density at radius 3 is 2.83 bits per heavy atom. The zero-order chi connectivity index (χ0) is 20.2. The molecular formula is C22H23N3O3S. The molecule has 1 aliphatic heterocycles. The Balaban J connectivity index is 1.38. The molecule has 2 aromatic carbocycles. The Labute approximate surface area is 174 Å². The third-order valence-electron chi connectivity index (χ3n) is 4.84. The zero-order valence-electron chi connectivity index (χ0n) is 16.5. The Bertz CT molecular complexity index is 990. The highest BCUT2D eigenvalue weighted by atomic mass is 32.2. The number of amides is 1. The van der Waals surface area contributed by atoms with Crippen molar-refractivity contribution in [1.82, 2.24) is 10.2 Å². The van der Waals surface area contributed by atoms with Gasteiger partial charge in [-0.25, -0.2) is 0 Å². The minimum atomic E-state index is -0.225. The van der Waals surface area contributed by atoms with Crippen molar-refractivity contribution in [1.29, 1.82) is 0 Å². The monoisotopic (exact) mass is 409 g/mol. The van der Waals surface area contributed by atoms with Gasteiger partial charge in [0, 0.05) is 12.2 Å². The van der Waals surface area contributed by atoms with Crippen molar-refractivity contribution in [2.24, 2.45) is 0 Å². The lowest BCUT2D eigenvalue weighted by Crippen LogP contribution is -2.42. The van der Waals surface area contributed by atoms with Gasteiger partial charge in [-0.05, 0) is 56.0 Å². The number of ether oxygens (including phenoxy) is 1. The van der Waals surface area contributed by atoms with E-state index in [1.165, 1.54) is 11.8 Å². The van der Waals surface area contributed by atoms with Gasteiger partial charge in [0.25, 0.3) is 11.1 Å². The zero-order valence-corrected chi connectivity index (χ0v) is 17.3. The predicted octanol–water partition coefficient (Wildman–Crippen LogP) is 4.55. The van der Waals surface area contributed by atoms with Crippen molar-refractivity contribution in [3.05, 3.63) is 65.5 Å². The third kappa shape index (κ3) is 4.62. The van der Waals surface area contributed by atoms with Crippen LogP contribution in [0.25, 0.3) is 0 Å². The lowest BCUT2D eigenvalue weighted by molar-refractivity contribution is -0.119. The maximum Gasteiger partial charge on any atom is 0.277 e. The highest BCUT2D eigenvalue weighted by molar-refractivity contribution is 8.00. The fraction of sp³-hybridized carbons (Fsp3) is 0.318. The molecule has 7 heteroatoms. The molecule has 0 spiro atoms. The molecule has 1 atom stereocenters. The lowest BCUT2D eigenvalue weighted by Gasteiger charge is -2.31. The van der Waals surface area contributed by atoms with Crippen LogP contribution in [0, 0.1) is 13.8 Å². The molecule has 1 fully saturated rings. The Morgan fingerprint density at radius 1 is 1.17 bits per heavy atom. The van der Waals surface area contributed by atoms with Crippen molar-refractivity contribution in [2.45, 2.75) is 43.8 Å². The highest BCUT2D eigenvalue weighted by Gasteiger charge is 2.31. The summed E-state index contributed by atoms with van der Waals surface area (Å²) >= 11 is 1.33. The van der Waals surface area contributed by atoms with Crippen LogP contribution >= 0.6 is 11.8 Å². The maximum atomic E-state index is 12.9. The van der Waals surface area contributed by atoms with Crippen molar-refractivity contribution in [3.8, 4) is 5.75 Å². The molecule has 1 unspecified atom stereocenters. The molecule has 0 bridgehead atoms. The first-order valence-corrected chi connectivity index (χ1v) is 10.5. The van der Waals surface area contributed by atoms with Crippen LogP contribution in [0.15, 0.2) is 58.2 Å². The summed E-state index contributed by atoms with van der Waals surface area (Å²) in [5, 5.41) is 8.33. The summed E-state index contributed by atoms with van der Waals surface area (Å²) in [5.74, 6) is 1.29. The van der Waals surface area contributed by atoms with Gasteiger partial charge in [0.1, 0.15) is 5.75 Å². The average Bonchev–Trinajstić information content (AvgIpc) is 3.18. The van der Waals surface area contributed by atoms with E-state index in [0.717, 1.165) is 42.0 Å². The second-order valence-corrected chi connectivity index (χ2v) is 8.25. The quantitative estimate of drug-likeness (QED) is 0.595. The normalized spacial score (nSPS) is 16.8. The number of hydrogen-bond acceptors (Lipinski definition) is 6. The smallest absolute Gasteiger partial charge is 0.277 e. The fourth-order valence-electron chi connectivity index (χ4n) is 3.28. The number of anilines is 1. The van der Waals surface area contributed by atoms with E-state index in [2.05, 4.69) is 10.2 Å². The van der Waals surface area contributed by atoms with Gasteiger partial charge < -0.3 is 14.1 Å². The number of thioether (sulfide) groups is 1. The molecule has 150 valence electrons. The van der Waals surface area contributed by atoms with Gasteiger partial charge in [0.2, 0.25) is 5.91 Å². The molecule has 1 saturated heterocycles. The van der Waals surface area contributed by atoms with Crippen LogP contribution in [0.3, 0.4) is 0 Å².